The van der Waals surface area contributed by atoms with E-state index >= 15 is 0 Å². The average Bonchev–Trinajstić information content (AvgIpc) is 2.70. The Bertz CT molecular complexity index is 862. The maximum absolute atomic E-state index is 12.8. The summed E-state index contributed by atoms with van der Waals surface area (Å²) in [5.41, 5.74) is 2.37. The Balaban J connectivity index is 2.10. The van der Waals surface area contributed by atoms with Gasteiger partial charge in [-0.1, -0.05) is 42.0 Å². The van der Waals surface area contributed by atoms with E-state index in [-0.39, 0.29) is 25.2 Å². The quantitative estimate of drug-likeness (QED) is 0.260. The van der Waals surface area contributed by atoms with E-state index in [2.05, 4.69) is 4.72 Å². The van der Waals surface area contributed by atoms with Gasteiger partial charge in [0.05, 0.1) is 12.6 Å². The molecule has 0 aliphatic carbocycles. The predicted octanol–water partition coefficient (Wildman–Crippen LogP) is 6.08. The van der Waals surface area contributed by atoms with E-state index in [1.165, 1.54) is 0 Å². The maximum Gasteiger partial charge on any atom is 0.389 e. The lowest BCUT2D eigenvalue weighted by molar-refractivity contribution is -0.136. The average molecular weight is 470 g/mol. The Hall–Kier alpha value is -2.03. The molecule has 0 spiro atoms. The molecule has 8 heteroatoms. The molecule has 1 unspecified atom stereocenters. The number of aryl methyl sites for hydroxylation is 1. The van der Waals surface area contributed by atoms with Crippen molar-refractivity contribution in [3.8, 4) is 5.75 Å². The molecule has 1 N–H and O–H groups in total. The smallest absolute Gasteiger partial charge is 0.389 e. The first-order valence-electron chi connectivity index (χ1n) is 10.4. The molecule has 0 radical (unpaired) electrons. The maximum atomic E-state index is 12.8. The summed E-state index contributed by atoms with van der Waals surface area (Å²) < 4.78 is 57.4. The highest BCUT2D eigenvalue weighted by Gasteiger charge is 2.31. The Morgan fingerprint density at radius 1 is 1.06 bits per heavy atom. The summed E-state index contributed by atoms with van der Waals surface area (Å²) in [5, 5.41) is 0. The summed E-state index contributed by atoms with van der Waals surface area (Å²) in [6.07, 6.45) is -5.10. The van der Waals surface area contributed by atoms with Gasteiger partial charge in [0.2, 0.25) is 0 Å². The molecule has 0 saturated carbocycles. The van der Waals surface area contributed by atoms with E-state index in [0.29, 0.717) is 11.3 Å². The van der Waals surface area contributed by atoms with Gasteiger partial charge in [-0.05, 0) is 51.8 Å². The van der Waals surface area contributed by atoms with E-state index in [0.717, 1.165) is 11.1 Å². The van der Waals surface area contributed by atoms with Crippen LogP contribution in [0, 0.1) is 6.92 Å². The molecule has 2 aromatic carbocycles. The highest BCUT2D eigenvalue weighted by atomic mass is 32.2. The number of hydrogen-bond donors (Lipinski definition) is 1. The van der Waals surface area contributed by atoms with Crippen LogP contribution in [0.15, 0.2) is 48.5 Å². The fourth-order valence-electron chi connectivity index (χ4n) is 2.84. The standard InChI is InChI=1S/C24H30F3NO3S/c1-17-6-8-19(9-7-17)22(29)16-21(28-32(30)23(2,3)4)18-10-12-20(13-11-18)31-15-5-14-24(25,26)27/h6-13,21,28H,5,14-16H2,1-4H3/t21-,32?/m0/s1. The summed E-state index contributed by atoms with van der Waals surface area (Å²) in [5.74, 6) is 0.359. The van der Waals surface area contributed by atoms with Crippen LogP contribution in [0.2, 0.25) is 0 Å². The van der Waals surface area contributed by atoms with Gasteiger partial charge >= 0.3 is 6.18 Å². The van der Waals surface area contributed by atoms with Crippen LogP contribution >= 0.6 is 0 Å². The van der Waals surface area contributed by atoms with Crippen LogP contribution in [0.1, 0.15) is 67.6 Å². The third kappa shape index (κ3) is 8.84. The molecule has 0 saturated heterocycles. The molecule has 0 fully saturated rings. The summed E-state index contributed by atoms with van der Waals surface area (Å²) >= 11 is -1.40. The molecular formula is C24H30F3NO3S. The van der Waals surface area contributed by atoms with Gasteiger partial charge in [-0.25, -0.2) is 0 Å². The van der Waals surface area contributed by atoms with Crippen LogP contribution in [0.4, 0.5) is 13.2 Å². The van der Waals surface area contributed by atoms with Crippen molar-refractivity contribution in [2.24, 2.45) is 0 Å². The molecule has 0 aromatic heterocycles. The van der Waals surface area contributed by atoms with Gasteiger partial charge in [0, 0.05) is 29.8 Å². The van der Waals surface area contributed by atoms with Crippen molar-refractivity contribution in [2.45, 2.75) is 63.9 Å². The lowest BCUT2D eigenvalue weighted by Crippen LogP contribution is -2.41. The van der Waals surface area contributed by atoms with E-state index in [9.17, 15) is 22.5 Å². The van der Waals surface area contributed by atoms with Gasteiger partial charge in [0.25, 0.3) is 0 Å². The zero-order chi connectivity index (χ0) is 23.9. The van der Waals surface area contributed by atoms with Crippen LogP contribution in [-0.2, 0) is 11.4 Å². The molecule has 0 amide bonds. The van der Waals surface area contributed by atoms with Crippen molar-refractivity contribution in [1.82, 2.24) is 4.72 Å². The number of Topliss-reactive ketones (excluding diaryl/α,β-unsaturated/α-hetero) is 1. The molecule has 2 aromatic rings. The van der Waals surface area contributed by atoms with Crippen molar-refractivity contribution >= 4 is 17.1 Å². The number of ether oxygens (including phenoxy) is 1. The Morgan fingerprint density at radius 3 is 2.19 bits per heavy atom. The van der Waals surface area contributed by atoms with E-state index in [1.54, 1.807) is 36.4 Å². The Kier molecular flexibility index (Phi) is 9.18. The predicted molar refractivity (Wildman–Crippen MR) is 121 cm³/mol. The van der Waals surface area contributed by atoms with E-state index < -0.39 is 34.7 Å². The SMILES string of the molecule is Cc1ccc(C(=O)C[C@H](N[S+]([O-])C(C)(C)C)c2ccc(OCCCC(F)(F)F)cc2)cc1. The first-order chi connectivity index (χ1) is 14.8. The number of carbonyl (C=O) groups excluding carboxylic acids is 1. The fraction of sp³-hybridized carbons (Fsp3) is 0.458. The van der Waals surface area contributed by atoms with Gasteiger partial charge in [-0.3, -0.25) is 4.79 Å². The Morgan fingerprint density at radius 2 is 1.66 bits per heavy atom. The minimum absolute atomic E-state index is 0.0412. The van der Waals surface area contributed by atoms with Gasteiger partial charge in [-0.2, -0.15) is 13.2 Å². The summed E-state index contributed by atoms with van der Waals surface area (Å²) in [7, 11) is 0. The third-order valence-corrected chi connectivity index (χ3v) is 6.34. The Labute approximate surface area is 190 Å². The van der Waals surface area contributed by atoms with Crippen molar-refractivity contribution < 1.29 is 27.3 Å². The molecule has 2 atom stereocenters. The van der Waals surface area contributed by atoms with Crippen molar-refractivity contribution in [1.29, 1.82) is 0 Å². The molecule has 0 aliphatic heterocycles. The van der Waals surface area contributed by atoms with E-state index in [1.807, 2.05) is 39.8 Å². The highest BCUT2D eigenvalue weighted by Crippen LogP contribution is 2.26. The molecule has 0 aliphatic rings. The van der Waals surface area contributed by atoms with Gasteiger partial charge in [0.15, 0.2) is 5.78 Å². The number of halogens is 3. The normalized spacial score (nSPS) is 14.1. The first-order valence-corrected chi connectivity index (χ1v) is 11.6. The molecule has 176 valence electrons. The summed E-state index contributed by atoms with van der Waals surface area (Å²) in [4.78, 5) is 12.8. The molecular weight excluding hydrogens is 439 g/mol. The monoisotopic (exact) mass is 469 g/mol. The summed E-state index contributed by atoms with van der Waals surface area (Å²) in [6, 6.07) is 13.5. The largest absolute Gasteiger partial charge is 0.598 e. The van der Waals surface area contributed by atoms with Gasteiger partial charge in [0.1, 0.15) is 10.5 Å². The number of ketones is 1. The topological polar surface area (TPSA) is 61.4 Å². The lowest BCUT2D eigenvalue weighted by Gasteiger charge is -2.28. The lowest BCUT2D eigenvalue weighted by atomic mass is 9.98. The minimum Gasteiger partial charge on any atom is -0.598 e. The fourth-order valence-corrected chi connectivity index (χ4v) is 3.67. The van der Waals surface area contributed by atoms with Crippen molar-refractivity contribution in [2.75, 3.05) is 6.61 Å². The molecule has 0 heterocycles. The van der Waals surface area contributed by atoms with Gasteiger partial charge in [-0.15, -0.1) is 4.72 Å². The molecule has 0 bridgehead atoms. The zero-order valence-electron chi connectivity index (χ0n) is 18.8. The second-order valence-electron chi connectivity index (χ2n) is 8.68. The number of benzene rings is 2. The van der Waals surface area contributed by atoms with Crippen LogP contribution in [0.25, 0.3) is 0 Å². The number of nitrogens with one attached hydrogen (secondary N) is 1. The molecule has 32 heavy (non-hydrogen) atoms. The minimum atomic E-state index is -4.20. The molecule has 2 rings (SSSR count). The van der Waals surface area contributed by atoms with Crippen LogP contribution in [-0.4, -0.2) is 27.9 Å². The number of alkyl halides is 3. The van der Waals surface area contributed by atoms with E-state index in [4.69, 9.17) is 4.74 Å². The number of hydrogen-bond acceptors (Lipinski definition) is 4. The second-order valence-corrected chi connectivity index (χ2v) is 10.7. The zero-order valence-corrected chi connectivity index (χ0v) is 19.6. The van der Waals surface area contributed by atoms with Crippen LogP contribution in [0.3, 0.4) is 0 Å². The van der Waals surface area contributed by atoms with Crippen molar-refractivity contribution in [3.05, 3.63) is 65.2 Å². The number of rotatable bonds is 10. The summed E-state index contributed by atoms with van der Waals surface area (Å²) in [6.45, 7) is 7.42. The van der Waals surface area contributed by atoms with Crippen LogP contribution in [0.5, 0.6) is 5.75 Å². The second kappa shape index (κ2) is 11.2. The molecule has 4 nitrogen and oxygen atoms in total. The van der Waals surface area contributed by atoms with Crippen molar-refractivity contribution in [3.63, 3.8) is 0 Å². The third-order valence-electron chi connectivity index (χ3n) is 4.72. The van der Waals surface area contributed by atoms with Crippen LogP contribution < -0.4 is 9.46 Å². The highest BCUT2D eigenvalue weighted by molar-refractivity contribution is 7.90. The first kappa shape index (κ1) is 26.2. The number of carbonyl (C=O) groups is 1. The van der Waals surface area contributed by atoms with Gasteiger partial charge < -0.3 is 9.29 Å².